The van der Waals surface area contributed by atoms with Crippen molar-refractivity contribution in [1.29, 1.82) is 0 Å². The van der Waals surface area contributed by atoms with Crippen molar-refractivity contribution < 1.29 is 14.6 Å². The Balaban J connectivity index is 2.21. The van der Waals surface area contributed by atoms with E-state index in [9.17, 15) is 9.90 Å². The summed E-state index contributed by atoms with van der Waals surface area (Å²) in [4.78, 5) is 13.4. The highest BCUT2D eigenvalue weighted by Crippen LogP contribution is 2.26. The molecule has 2 unspecified atom stereocenters. The second-order valence-electron chi connectivity index (χ2n) is 5.27. The minimum atomic E-state index is -0.803. The van der Waals surface area contributed by atoms with E-state index in [1.807, 2.05) is 25.5 Å². The molecule has 0 bridgehead atoms. The molecular formula is C14H22ClN3O3. The Hall–Kier alpha value is -1.11. The number of aliphatic carboxylic acids is 1. The second-order valence-corrected chi connectivity index (χ2v) is 5.65. The van der Waals surface area contributed by atoms with Gasteiger partial charge in [0.05, 0.1) is 35.5 Å². The molecule has 1 aromatic heterocycles. The van der Waals surface area contributed by atoms with Crippen LogP contribution in [0.3, 0.4) is 0 Å². The lowest BCUT2D eigenvalue weighted by Gasteiger charge is -2.29. The minimum Gasteiger partial charge on any atom is -0.481 e. The number of halogens is 1. The molecule has 1 aromatic rings. The Labute approximate surface area is 129 Å². The second kappa shape index (κ2) is 6.77. The van der Waals surface area contributed by atoms with Crippen molar-refractivity contribution in [3.63, 3.8) is 0 Å². The normalized spacial score (nSPS) is 22.1. The molecule has 1 saturated heterocycles. The van der Waals surface area contributed by atoms with E-state index in [0.29, 0.717) is 18.2 Å². The first kappa shape index (κ1) is 16.3. The van der Waals surface area contributed by atoms with E-state index in [2.05, 4.69) is 10.00 Å². The molecule has 2 heterocycles. The summed E-state index contributed by atoms with van der Waals surface area (Å²) in [6.07, 6.45) is 0. The Morgan fingerprint density at radius 2 is 2.24 bits per heavy atom. The summed E-state index contributed by atoms with van der Waals surface area (Å²) in [5.74, 6) is -1.29. The third-order valence-corrected chi connectivity index (χ3v) is 4.54. The van der Waals surface area contributed by atoms with Gasteiger partial charge in [0, 0.05) is 19.1 Å². The fourth-order valence-corrected chi connectivity index (χ4v) is 3.01. The van der Waals surface area contributed by atoms with Crippen LogP contribution >= 0.6 is 11.6 Å². The zero-order valence-electron chi connectivity index (χ0n) is 12.7. The molecular weight excluding hydrogens is 294 g/mol. The average molecular weight is 316 g/mol. The number of carboxylic acids is 1. The predicted molar refractivity (Wildman–Crippen MR) is 79.5 cm³/mol. The molecule has 1 fully saturated rings. The van der Waals surface area contributed by atoms with E-state index < -0.39 is 11.9 Å². The van der Waals surface area contributed by atoms with Crippen LogP contribution in [-0.2, 0) is 22.6 Å². The standard InChI is InChI=1S/C14H22ClN3O3/c1-4-17(12-8-21-7-10(12)14(19)20)6-11-13(15)9(3)16-18(11)5-2/h10,12H,4-8H2,1-3H3,(H,19,20). The van der Waals surface area contributed by atoms with Crippen molar-refractivity contribution in [2.75, 3.05) is 19.8 Å². The number of hydrogen-bond acceptors (Lipinski definition) is 4. The molecule has 21 heavy (non-hydrogen) atoms. The largest absolute Gasteiger partial charge is 0.481 e. The van der Waals surface area contributed by atoms with Crippen molar-refractivity contribution in [1.82, 2.24) is 14.7 Å². The van der Waals surface area contributed by atoms with Gasteiger partial charge in [0.1, 0.15) is 0 Å². The summed E-state index contributed by atoms with van der Waals surface area (Å²) in [6.45, 7) is 8.70. The zero-order chi connectivity index (χ0) is 15.6. The molecule has 6 nitrogen and oxygen atoms in total. The third-order valence-electron chi connectivity index (χ3n) is 4.05. The van der Waals surface area contributed by atoms with E-state index in [-0.39, 0.29) is 12.6 Å². The van der Waals surface area contributed by atoms with Crippen LogP contribution in [0.4, 0.5) is 0 Å². The number of hydrogen-bond donors (Lipinski definition) is 1. The highest BCUT2D eigenvalue weighted by atomic mass is 35.5. The number of aromatic nitrogens is 2. The molecule has 1 aliphatic rings. The van der Waals surface area contributed by atoms with Crippen LogP contribution in [0.25, 0.3) is 0 Å². The Kier molecular flexibility index (Phi) is 5.24. The molecule has 0 aliphatic carbocycles. The van der Waals surface area contributed by atoms with Gasteiger partial charge in [-0.05, 0) is 20.4 Å². The predicted octanol–water partition coefficient (Wildman–Crippen LogP) is 1.79. The summed E-state index contributed by atoms with van der Waals surface area (Å²) >= 11 is 6.34. The van der Waals surface area contributed by atoms with Crippen LogP contribution in [0.15, 0.2) is 0 Å². The van der Waals surface area contributed by atoms with Crippen LogP contribution in [0.5, 0.6) is 0 Å². The quantitative estimate of drug-likeness (QED) is 0.867. The van der Waals surface area contributed by atoms with Crippen molar-refractivity contribution in [2.45, 2.75) is 39.9 Å². The Bertz CT molecular complexity index is 518. The summed E-state index contributed by atoms with van der Waals surface area (Å²) in [5.41, 5.74) is 1.75. The van der Waals surface area contributed by atoms with Gasteiger partial charge >= 0.3 is 5.97 Å². The van der Waals surface area contributed by atoms with Crippen molar-refractivity contribution >= 4 is 17.6 Å². The average Bonchev–Trinajstić information content (AvgIpc) is 3.03. The minimum absolute atomic E-state index is 0.121. The monoisotopic (exact) mass is 315 g/mol. The Morgan fingerprint density at radius 3 is 2.81 bits per heavy atom. The number of rotatable bonds is 6. The van der Waals surface area contributed by atoms with Crippen LogP contribution in [-0.4, -0.2) is 51.6 Å². The first-order chi connectivity index (χ1) is 9.99. The Morgan fingerprint density at radius 1 is 1.52 bits per heavy atom. The molecule has 2 atom stereocenters. The molecule has 2 rings (SSSR count). The van der Waals surface area contributed by atoms with Gasteiger partial charge in [-0.2, -0.15) is 5.10 Å². The lowest BCUT2D eigenvalue weighted by molar-refractivity contribution is -0.143. The molecule has 118 valence electrons. The fourth-order valence-electron chi connectivity index (χ4n) is 2.81. The third kappa shape index (κ3) is 3.22. The van der Waals surface area contributed by atoms with Crippen molar-refractivity contribution in [3.05, 3.63) is 16.4 Å². The van der Waals surface area contributed by atoms with E-state index in [1.165, 1.54) is 0 Å². The summed E-state index contributed by atoms with van der Waals surface area (Å²) < 4.78 is 7.25. The van der Waals surface area contributed by atoms with Gasteiger partial charge in [0.15, 0.2) is 0 Å². The molecule has 0 radical (unpaired) electrons. The van der Waals surface area contributed by atoms with E-state index >= 15 is 0 Å². The van der Waals surface area contributed by atoms with Gasteiger partial charge < -0.3 is 9.84 Å². The highest BCUT2D eigenvalue weighted by molar-refractivity contribution is 6.31. The van der Waals surface area contributed by atoms with Gasteiger partial charge in [-0.15, -0.1) is 0 Å². The first-order valence-corrected chi connectivity index (χ1v) is 7.63. The maximum absolute atomic E-state index is 11.3. The van der Waals surface area contributed by atoms with E-state index in [0.717, 1.165) is 24.5 Å². The van der Waals surface area contributed by atoms with Gasteiger partial charge in [0.2, 0.25) is 0 Å². The van der Waals surface area contributed by atoms with Crippen LogP contribution in [0.1, 0.15) is 25.2 Å². The molecule has 0 aromatic carbocycles. The number of carbonyl (C=O) groups is 1. The van der Waals surface area contributed by atoms with E-state index in [4.69, 9.17) is 16.3 Å². The number of carboxylic acid groups (broad SMARTS) is 1. The fraction of sp³-hybridized carbons (Fsp3) is 0.714. The van der Waals surface area contributed by atoms with E-state index in [1.54, 1.807) is 0 Å². The lowest BCUT2D eigenvalue weighted by Crippen LogP contribution is -2.43. The summed E-state index contributed by atoms with van der Waals surface area (Å²) in [6, 6.07) is -0.121. The molecule has 0 spiro atoms. The van der Waals surface area contributed by atoms with Gasteiger partial charge in [-0.3, -0.25) is 14.4 Å². The molecule has 0 saturated carbocycles. The number of likely N-dealkylation sites (N-methyl/N-ethyl adjacent to an activating group) is 1. The number of ether oxygens (including phenoxy) is 1. The SMILES string of the molecule is CCN(Cc1c(Cl)c(C)nn1CC)C1COCC1C(=O)O. The van der Waals surface area contributed by atoms with Crippen LogP contribution in [0, 0.1) is 12.8 Å². The number of nitrogens with zero attached hydrogens (tertiary/aromatic N) is 3. The lowest BCUT2D eigenvalue weighted by atomic mass is 10.0. The molecule has 1 aliphatic heterocycles. The maximum atomic E-state index is 11.3. The van der Waals surface area contributed by atoms with Crippen molar-refractivity contribution in [3.8, 4) is 0 Å². The first-order valence-electron chi connectivity index (χ1n) is 7.25. The molecule has 0 amide bonds. The summed E-state index contributed by atoms with van der Waals surface area (Å²) in [5, 5.41) is 14.4. The van der Waals surface area contributed by atoms with Crippen LogP contribution in [0.2, 0.25) is 5.02 Å². The van der Waals surface area contributed by atoms with Crippen LogP contribution < -0.4 is 0 Å². The maximum Gasteiger partial charge on any atom is 0.310 e. The smallest absolute Gasteiger partial charge is 0.310 e. The number of aryl methyl sites for hydroxylation is 2. The molecule has 7 heteroatoms. The van der Waals surface area contributed by atoms with Crippen molar-refractivity contribution in [2.24, 2.45) is 5.92 Å². The highest BCUT2D eigenvalue weighted by Gasteiger charge is 2.38. The summed E-state index contributed by atoms with van der Waals surface area (Å²) in [7, 11) is 0. The molecule has 1 N–H and O–H groups in total. The van der Waals surface area contributed by atoms with Gasteiger partial charge in [-0.1, -0.05) is 18.5 Å². The topological polar surface area (TPSA) is 67.6 Å². The van der Waals surface area contributed by atoms with Gasteiger partial charge in [-0.25, -0.2) is 0 Å². The van der Waals surface area contributed by atoms with Gasteiger partial charge in [0.25, 0.3) is 0 Å². The zero-order valence-corrected chi connectivity index (χ0v) is 13.4.